The molecule has 17 heavy (non-hydrogen) atoms. The summed E-state index contributed by atoms with van der Waals surface area (Å²) in [4.78, 5) is 0. The third-order valence-corrected chi connectivity index (χ3v) is 1.73. The van der Waals surface area contributed by atoms with E-state index in [1.54, 1.807) is 6.92 Å². The highest BCUT2D eigenvalue weighted by Crippen LogP contribution is 2.17. The van der Waals surface area contributed by atoms with Crippen LogP contribution in [0.4, 0.5) is 11.6 Å². The van der Waals surface area contributed by atoms with E-state index in [-0.39, 0.29) is 36.1 Å². The molecular weight excluding hydrogens is 232 g/mol. The molecule has 0 saturated carbocycles. The van der Waals surface area contributed by atoms with E-state index in [0.717, 1.165) is 0 Å². The van der Waals surface area contributed by atoms with Crippen LogP contribution in [0, 0.1) is 0 Å². The molecule has 0 radical (unpaired) electrons. The van der Waals surface area contributed by atoms with Crippen LogP contribution in [0.5, 0.6) is 11.8 Å². The zero-order chi connectivity index (χ0) is 12.3. The Morgan fingerprint density at radius 1 is 1.06 bits per heavy atom. The number of aromatic nitrogens is 4. The Kier molecular flexibility index (Phi) is 2.94. The number of nitrogen functional groups attached to an aromatic ring is 2. The molecule has 1 atom stereocenters. The fourth-order valence-corrected chi connectivity index (χ4v) is 0.978. The zero-order valence-corrected chi connectivity index (χ0v) is 8.86. The molecule has 0 fully saturated rings. The number of nitrogens with zero attached hydrogens (tertiary/aromatic N) is 4. The molecule has 4 N–H and O–H groups in total. The molecule has 0 amide bonds. The lowest BCUT2D eigenvalue weighted by Crippen LogP contribution is -2.22. The molecule has 2 rings (SSSR count). The van der Waals surface area contributed by atoms with Gasteiger partial charge in [-0.25, -0.2) is 9.26 Å². The van der Waals surface area contributed by atoms with E-state index in [4.69, 9.17) is 20.9 Å². The van der Waals surface area contributed by atoms with Gasteiger partial charge in [-0.2, -0.15) is 0 Å². The average molecular weight is 242 g/mol. The van der Waals surface area contributed by atoms with Crippen LogP contribution in [-0.4, -0.2) is 33.3 Å². The second-order valence-electron chi connectivity index (χ2n) is 3.15. The molecule has 10 nitrogen and oxygen atoms in total. The molecular formula is C7H10N6O4. The standard InChI is InChI=1S/C7H10N6O4/c1-3(15-7-5(9)11-17-13-7)2-14-6-4(8)10-16-12-6/h3H,2H2,1H3,(H2,8,10)(H2,9,11). The third-order valence-electron chi connectivity index (χ3n) is 1.73. The first-order chi connectivity index (χ1) is 8.16. The van der Waals surface area contributed by atoms with Gasteiger partial charge >= 0.3 is 5.88 Å². The van der Waals surface area contributed by atoms with Crippen molar-refractivity contribution in [2.75, 3.05) is 18.1 Å². The first-order valence-electron chi connectivity index (χ1n) is 4.62. The third kappa shape index (κ3) is 2.53. The van der Waals surface area contributed by atoms with Gasteiger partial charge in [0, 0.05) is 0 Å². The maximum atomic E-state index is 5.41. The number of ether oxygens (including phenoxy) is 2. The number of nitrogens with two attached hydrogens (primary N) is 2. The van der Waals surface area contributed by atoms with Crippen molar-refractivity contribution in [3.05, 3.63) is 0 Å². The van der Waals surface area contributed by atoms with Gasteiger partial charge in [0.15, 0.2) is 0 Å². The molecule has 10 heteroatoms. The summed E-state index contributed by atoms with van der Waals surface area (Å²) < 4.78 is 19.2. The SMILES string of the molecule is CC(COc1nonc1N)Oc1nonc1N. The number of hydrogen-bond acceptors (Lipinski definition) is 10. The summed E-state index contributed by atoms with van der Waals surface area (Å²) in [5, 5.41) is 13.6. The zero-order valence-electron chi connectivity index (χ0n) is 8.86. The van der Waals surface area contributed by atoms with Gasteiger partial charge < -0.3 is 20.9 Å². The fraction of sp³-hybridized carbons (Fsp3) is 0.429. The van der Waals surface area contributed by atoms with Gasteiger partial charge in [0.2, 0.25) is 11.6 Å². The van der Waals surface area contributed by atoms with E-state index in [9.17, 15) is 0 Å². The lowest BCUT2D eigenvalue weighted by molar-refractivity contribution is 0.126. The largest absolute Gasteiger partial charge is 0.469 e. The van der Waals surface area contributed by atoms with Gasteiger partial charge in [-0.15, -0.1) is 0 Å². The minimum absolute atomic E-state index is 0.0690. The first kappa shape index (κ1) is 11.0. The molecule has 0 aliphatic heterocycles. The topological polar surface area (TPSA) is 148 Å². The molecule has 0 aliphatic carbocycles. The van der Waals surface area contributed by atoms with E-state index in [0.29, 0.717) is 0 Å². The summed E-state index contributed by atoms with van der Waals surface area (Å²) in [7, 11) is 0. The molecule has 1 unspecified atom stereocenters. The first-order valence-corrected chi connectivity index (χ1v) is 4.62. The lowest BCUT2D eigenvalue weighted by atomic mass is 10.4. The maximum absolute atomic E-state index is 5.41. The summed E-state index contributed by atoms with van der Waals surface area (Å²) in [5.41, 5.74) is 10.8. The van der Waals surface area contributed by atoms with Crippen LogP contribution in [-0.2, 0) is 0 Å². The van der Waals surface area contributed by atoms with Gasteiger partial charge in [0.1, 0.15) is 12.7 Å². The minimum Gasteiger partial charge on any atom is -0.469 e. The van der Waals surface area contributed by atoms with Crippen LogP contribution in [0.1, 0.15) is 6.92 Å². The molecule has 0 spiro atoms. The van der Waals surface area contributed by atoms with E-state index >= 15 is 0 Å². The smallest absolute Gasteiger partial charge is 0.300 e. The minimum atomic E-state index is -0.361. The van der Waals surface area contributed by atoms with E-state index in [1.807, 2.05) is 0 Å². The summed E-state index contributed by atoms with van der Waals surface area (Å²) >= 11 is 0. The van der Waals surface area contributed by atoms with Crippen LogP contribution in [0.25, 0.3) is 0 Å². The van der Waals surface area contributed by atoms with E-state index < -0.39 is 0 Å². The number of anilines is 2. The second-order valence-corrected chi connectivity index (χ2v) is 3.15. The van der Waals surface area contributed by atoms with Crippen LogP contribution in [0.15, 0.2) is 9.26 Å². The highest BCUT2D eigenvalue weighted by atomic mass is 16.6. The maximum Gasteiger partial charge on any atom is 0.300 e. The number of rotatable bonds is 5. The van der Waals surface area contributed by atoms with Crippen molar-refractivity contribution >= 4 is 11.6 Å². The van der Waals surface area contributed by atoms with Crippen molar-refractivity contribution in [1.82, 2.24) is 20.6 Å². The fourth-order valence-electron chi connectivity index (χ4n) is 0.978. The second kappa shape index (κ2) is 4.55. The van der Waals surface area contributed by atoms with Gasteiger partial charge in [-0.3, -0.25) is 0 Å². The molecule has 92 valence electrons. The monoisotopic (exact) mass is 242 g/mol. The summed E-state index contributed by atoms with van der Waals surface area (Å²) in [6.45, 7) is 1.89. The van der Waals surface area contributed by atoms with Crippen molar-refractivity contribution < 1.29 is 18.7 Å². The highest BCUT2D eigenvalue weighted by molar-refractivity contribution is 5.37. The predicted octanol–water partition coefficient (Wildman–Crippen LogP) is -0.537. The van der Waals surface area contributed by atoms with Gasteiger partial charge in [0.25, 0.3) is 5.88 Å². The summed E-state index contributed by atoms with van der Waals surface area (Å²) in [5.74, 6) is 0.346. The van der Waals surface area contributed by atoms with Crippen molar-refractivity contribution in [3.63, 3.8) is 0 Å². The summed E-state index contributed by atoms with van der Waals surface area (Å²) in [6.07, 6.45) is -0.361. The van der Waals surface area contributed by atoms with E-state index in [2.05, 4.69) is 29.9 Å². The normalized spacial score (nSPS) is 12.3. The Bertz CT molecular complexity index is 482. The van der Waals surface area contributed by atoms with Crippen molar-refractivity contribution in [1.29, 1.82) is 0 Å². The summed E-state index contributed by atoms with van der Waals surface area (Å²) in [6, 6.07) is 0. The molecule has 0 saturated heterocycles. The molecule has 0 bridgehead atoms. The van der Waals surface area contributed by atoms with Crippen molar-refractivity contribution in [3.8, 4) is 11.8 Å². The number of hydrogen-bond donors (Lipinski definition) is 2. The van der Waals surface area contributed by atoms with Gasteiger partial charge in [-0.1, -0.05) is 0 Å². The average Bonchev–Trinajstić information content (AvgIpc) is 2.86. The lowest BCUT2D eigenvalue weighted by Gasteiger charge is -2.11. The van der Waals surface area contributed by atoms with Crippen LogP contribution >= 0.6 is 0 Å². The van der Waals surface area contributed by atoms with Crippen LogP contribution in [0.3, 0.4) is 0 Å². The van der Waals surface area contributed by atoms with Crippen molar-refractivity contribution in [2.45, 2.75) is 13.0 Å². The Balaban J connectivity index is 1.84. The molecule has 2 heterocycles. The highest BCUT2D eigenvalue weighted by Gasteiger charge is 2.14. The Morgan fingerprint density at radius 3 is 2.18 bits per heavy atom. The van der Waals surface area contributed by atoms with E-state index in [1.165, 1.54) is 0 Å². The molecule has 2 aromatic heterocycles. The van der Waals surface area contributed by atoms with Crippen LogP contribution in [0.2, 0.25) is 0 Å². The Hall–Kier alpha value is -2.52. The molecule has 0 aromatic carbocycles. The predicted molar refractivity (Wildman–Crippen MR) is 53.0 cm³/mol. The molecule has 2 aromatic rings. The van der Waals surface area contributed by atoms with Gasteiger partial charge in [0.05, 0.1) is 0 Å². The molecule has 0 aliphatic rings. The quantitative estimate of drug-likeness (QED) is 0.699. The Morgan fingerprint density at radius 2 is 1.65 bits per heavy atom. The Labute approximate surface area is 94.8 Å². The van der Waals surface area contributed by atoms with Crippen LogP contribution < -0.4 is 20.9 Å². The van der Waals surface area contributed by atoms with Crippen molar-refractivity contribution in [2.24, 2.45) is 0 Å². The van der Waals surface area contributed by atoms with Gasteiger partial charge in [-0.05, 0) is 27.6 Å².